The van der Waals surface area contributed by atoms with E-state index in [-0.39, 0.29) is 31.5 Å². The Labute approximate surface area is 187 Å². The van der Waals surface area contributed by atoms with Crippen LogP contribution in [0, 0.1) is 5.82 Å². The molecule has 0 saturated carbocycles. The largest absolute Gasteiger partial charge is 0.370 e. The Kier molecular flexibility index (Phi) is 7.14. The lowest BCUT2D eigenvalue weighted by Crippen LogP contribution is -2.34. The summed E-state index contributed by atoms with van der Waals surface area (Å²) in [6.07, 6.45) is 5.36. The first kappa shape index (κ1) is 22.6. The molecule has 0 fully saturated rings. The van der Waals surface area contributed by atoms with Crippen LogP contribution in [0.4, 0.5) is 4.39 Å². The highest BCUT2D eigenvalue weighted by Gasteiger charge is 2.25. The molecule has 3 aromatic rings. The van der Waals surface area contributed by atoms with Crippen molar-refractivity contribution >= 4 is 23.3 Å². The first-order valence-electron chi connectivity index (χ1n) is 9.84. The average Bonchev–Trinajstić information content (AvgIpc) is 3.27. The summed E-state index contributed by atoms with van der Waals surface area (Å²) in [4.78, 5) is 28.4. The predicted molar refractivity (Wildman–Crippen MR) is 120 cm³/mol. The standard InChI is InChI=1S/C22H23ClFN5O2.2H2/c1-3-17(28-13(2)11-18(25)30)15-6-7-16(23)20(21(15)24)22(31)14-5-8-19(26-12-14)29-10-4-9-27-29;;/h4-10,12-13,17,28H,3,11H2,1-2H3,(H2,25,30);2*1H/t13-,17+;;/m0../s1. The van der Waals surface area contributed by atoms with Gasteiger partial charge in [-0.05, 0) is 37.6 Å². The number of pyridine rings is 1. The van der Waals surface area contributed by atoms with Crippen LogP contribution in [0.2, 0.25) is 5.02 Å². The van der Waals surface area contributed by atoms with Crippen molar-refractivity contribution in [1.82, 2.24) is 20.1 Å². The van der Waals surface area contributed by atoms with Crippen LogP contribution in [0.3, 0.4) is 0 Å². The molecule has 1 amide bonds. The van der Waals surface area contributed by atoms with Crippen LogP contribution >= 0.6 is 11.6 Å². The van der Waals surface area contributed by atoms with Crippen LogP contribution in [-0.2, 0) is 4.79 Å². The van der Waals surface area contributed by atoms with Gasteiger partial charge in [0.05, 0.1) is 10.6 Å². The highest BCUT2D eigenvalue weighted by molar-refractivity contribution is 6.35. The van der Waals surface area contributed by atoms with E-state index in [1.54, 1.807) is 48.3 Å². The van der Waals surface area contributed by atoms with Gasteiger partial charge in [0.25, 0.3) is 0 Å². The van der Waals surface area contributed by atoms with Crippen molar-refractivity contribution in [3.63, 3.8) is 0 Å². The lowest BCUT2D eigenvalue weighted by atomic mass is 9.96. The summed E-state index contributed by atoms with van der Waals surface area (Å²) >= 11 is 6.20. The first-order valence-corrected chi connectivity index (χ1v) is 10.2. The van der Waals surface area contributed by atoms with Gasteiger partial charge in [0.2, 0.25) is 5.91 Å². The minimum Gasteiger partial charge on any atom is -0.370 e. The number of nitrogens with one attached hydrogen (secondary N) is 1. The molecule has 3 rings (SSSR count). The first-order chi connectivity index (χ1) is 14.8. The molecule has 0 bridgehead atoms. The van der Waals surface area contributed by atoms with Gasteiger partial charge in [0, 0.05) is 51.1 Å². The fourth-order valence-electron chi connectivity index (χ4n) is 3.38. The quantitative estimate of drug-likeness (QED) is 0.481. The van der Waals surface area contributed by atoms with Gasteiger partial charge < -0.3 is 11.1 Å². The molecule has 0 aliphatic heterocycles. The number of carbonyl (C=O) groups excluding carboxylic acids is 2. The van der Waals surface area contributed by atoms with Crippen LogP contribution in [0.15, 0.2) is 48.9 Å². The van der Waals surface area contributed by atoms with Crippen molar-refractivity contribution in [2.75, 3.05) is 0 Å². The van der Waals surface area contributed by atoms with Gasteiger partial charge >= 0.3 is 0 Å². The molecule has 0 spiro atoms. The number of hydrogen-bond donors (Lipinski definition) is 2. The van der Waals surface area contributed by atoms with Gasteiger partial charge in [0.1, 0.15) is 5.82 Å². The zero-order valence-corrected chi connectivity index (χ0v) is 17.9. The summed E-state index contributed by atoms with van der Waals surface area (Å²) in [5, 5.41) is 7.28. The van der Waals surface area contributed by atoms with E-state index in [1.807, 2.05) is 6.92 Å². The molecular weight excluding hydrogens is 421 g/mol. The Balaban J connectivity index is 0.00000272. The molecule has 9 heteroatoms. The topological polar surface area (TPSA) is 103 Å². The van der Waals surface area contributed by atoms with E-state index in [0.29, 0.717) is 17.8 Å². The Hall–Kier alpha value is -3.10. The molecule has 0 saturated heterocycles. The van der Waals surface area contributed by atoms with Crippen LogP contribution in [0.1, 0.15) is 57.1 Å². The van der Waals surface area contributed by atoms with Crippen LogP contribution in [0.25, 0.3) is 5.82 Å². The van der Waals surface area contributed by atoms with E-state index in [1.165, 1.54) is 12.3 Å². The fraction of sp³-hybridized carbons (Fsp3) is 0.273. The molecular formula is C22H27ClFN5O2. The van der Waals surface area contributed by atoms with Crippen LogP contribution in [-0.4, -0.2) is 32.5 Å². The number of nitrogens with two attached hydrogens (primary N) is 1. The Morgan fingerprint density at radius 2 is 2.10 bits per heavy atom. The number of hydrogen-bond acceptors (Lipinski definition) is 5. The molecule has 0 aliphatic rings. The van der Waals surface area contributed by atoms with E-state index in [0.717, 1.165) is 0 Å². The molecule has 0 unspecified atom stereocenters. The fourth-order valence-corrected chi connectivity index (χ4v) is 3.61. The summed E-state index contributed by atoms with van der Waals surface area (Å²) in [6.45, 7) is 3.67. The van der Waals surface area contributed by atoms with Gasteiger partial charge in [-0.15, -0.1) is 0 Å². The van der Waals surface area contributed by atoms with Gasteiger partial charge in [0.15, 0.2) is 11.6 Å². The number of primary amides is 1. The lowest BCUT2D eigenvalue weighted by molar-refractivity contribution is -0.118. The second-order valence-corrected chi connectivity index (χ2v) is 7.62. The highest BCUT2D eigenvalue weighted by Crippen LogP contribution is 2.30. The number of nitrogens with zero attached hydrogens (tertiary/aromatic N) is 3. The monoisotopic (exact) mass is 447 g/mol. The zero-order chi connectivity index (χ0) is 22.5. The van der Waals surface area contributed by atoms with Gasteiger partial charge in [-0.2, -0.15) is 5.10 Å². The third kappa shape index (κ3) is 5.15. The van der Waals surface area contributed by atoms with E-state index < -0.39 is 23.5 Å². The molecule has 3 N–H and O–H groups in total. The summed E-state index contributed by atoms with van der Waals surface area (Å²) in [5.41, 5.74) is 5.53. The number of ketones is 1. The third-order valence-corrected chi connectivity index (χ3v) is 5.19. The molecule has 166 valence electrons. The maximum absolute atomic E-state index is 15.5. The van der Waals surface area contributed by atoms with Crippen molar-refractivity contribution in [3.8, 4) is 5.82 Å². The summed E-state index contributed by atoms with van der Waals surface area (Å²) < 4.78 is 17.0. The van der Waals surface area contributed by atoms with Crippen LogP contribution < -0.4 is 11.1 Å². The van der Waals surface area contributed by atoms with Gasteiger partial charge in [-0.1, -0.05) is 24.6 Å². The van der Waals surface area contributed by atoms with Gasteiger partial charge in [-0.25, -0.2) is 14.1 Å². The van der Waals surface area contributed by atoms with Crippen molar-refractivity contribution in [3.05, 3.63) is 76.5 Å². The number of rotatable bonds is 9. The van der Waals surface area contributed by atoms with Crippen molar-refractivity contribution in [2.45, 2.75) is 38.8 Å². The zero-order valence-electron chi connectivity index (χ0n) is 17.2. The lowest BCUT2D eigenvalue weighted by Gasteiger charge is -2.23. The highest BCUT2D eigenvalue weighted by atomic mass is 35.5. The Morgan fingerprint density at radius 3 is 2.68 bits per heavy atom. The van der Waals surface area contributed by atoms with Crippen molar-refractivity contribution in [2.24, 2.45) is 5.73 Å². The summed E-state index contributed by atoms with van der Waals surface area (Å²) in [6, 6.07) is 7.31. The third-order valence-electron chi connectivity index (χ3n) is 4.87. The van der Waals surface area contributed by atoms with Gasteiger partial charge in [-0.3, -0.25) is 9.59 Å². The summed E-state index contributed by atoms with van der Waals surface area (Å²) in [5.74, 6) is -1.18. The second-order valence-electron chi connectivity index (χ2n) is 7.21. The molecule has 31 heavy (non-hydrogen) atoms. The number of benzene rings is 1. The van der Waals surface area contributed by atoms with Crippen LogP contribution in [0.5, 0.6) is 0 Å². The van der Waals surface area contributed by atoms with E-state index in [9.17, 15) is 9.59 Å². The van der Waals surface area contributed by atoms with E-state index in [2.05, 4.69) is 15.4 Å². The second kappa shape index (κ2) is 9.80. The number of carbonyl (C=O) groups is 2. The molecule has 0 aliphatic carbocycles. The number of aromatic nitrogens is 3. The molecule has 2 heterocycles. The smallest absolute Gasteiger partial charge is 0.218 e. The van der Waals surface area contributed by atoms with Crippen molar-refractivity contribution in [1.29, 1.82) is 0 Å². The minimum absolute atomic E-state index is 0. The molecule has 0 radical (unpaired) electrons. The minimum atomic E-state index is -0.695. The predicted octanol–water partition coefficient (Wildman–Crippen LogP) is 4.09. The van der Waals surface area contributed by atoms with Crippen molar-refractivity contribution < 1.29 is 16.8 Å². The SMILES string of the molecule is CC[C@@H](N[C@@H](C)CC(N)=O)c1ccc(Cl)c(C(=O)c2ccc(-n3cccn3)nc2)c1F.[HH].[HH]. The molecule has 7 nitrogen and oxygen atoms in total. The normalized spacial score (nSPS) is 13.0. The molecule has 1 aromatic carbocycles. The Morgan fingerprint density at radius 1 is 1.32 bits per heavy atom. The number of amides is 1. The maximum Gasteiger partial charge on any atom is 0.218 e. The Bertz CT molecular complexity index is 1080. The molecule has 2 aromatic heterocycles. The maximum atomic E-state index is 15.5. The van der Waals surface area contributed by atoms with E-state index in [4.69, 9.17) is 17.3 Å². The average molecular weight is 448 g/mol. The number of halogens is 2. The summed E-state index contributed by atoms with van der Waals surface area (Å²) in [7, 11) is 0. The van der Waals surface area contributed by atoms with E-state index >= 15 is 4.39 Å². The molecule has 2 atom stereocenters.